The summed E-state index contributed by atoms with van der Waals surface area (Å²) in [5, 5.41) is 2.68. The fourth-order valence-corrected chi connectivity index (χ4v) is 1.48. The maximum Gasteiger partial charge on any atom is 0.269 e. The molecule has 1 N–H and O–H groups in total. The van der Waals surface area contributed by atoms with E-state index < -0.39 is 5.95 Å². The quantitative estimate of drug-likeness (QED) is 0.616. The van der Waals surface area contributed by atoms with E-state index in [0.717, 1.165) is 12.2 Å². The summed E-state index contributed by atoms with van der Waals surface area (Å²) in [7, 11) is 0. The number of carbonyl (C=O) groups is 1. The second-order valence-electron chi connectivity index (χ2n) is 2.95. The molecule has 15 heavy (non-hydrogen) atoms. The van der Waals surface area contributed by atoms with E-state index in [-0.39, 0.29) is 11.6 Å². The van der Waals surface area contributed by atoms with Gasteiger partial charge in [0, 0.05) is 6.54 Å². The number of nitrogens with one attached hydrogen (secondary N) is 1. The number of nitrogens with zero attached hydrogens (tertiary/aromatic N) is 1. The number of thioether (sulfide) groups is 1. The Labute approximate surface area is 92.5 Å². The number of pyridine rings is 1. The first-order chi connectivity index (χ1) is 7.24. The number of halogens is 1. The van der Waals surface area contributed by atoms with Crippen molar-refractivity contribution in [1.82, 2.24) is 10.3 Å². The Morgan fingerprint density at radius 1 is 1.60 bits per heavy atom. The lowest BCUT2D eigenvalue weighted by molar-refractivity contribution is 0.0947. The highest BCUT2D eigenvalue weighted by molar-refractivity contribution is 7.98. The number of rotatable bonds is 5. The van der Waals surface area contributed by atoms with Gasteiger partial charge in [0.05, 0.1) is 0 Å². The van der Waals surface area contributed by atoms with Crippen LogP contribution < -0.4 is 5.32 Å². The van der Waals surface area contributed by atoms with Crippen LogP contribution in [0.15, 0.2) is 18.2 Å². The largest absolute Gasteiger partial charge is 0.351 e. The van der Waals surface area contributed by atoms with Crippen LogP contribution in [0, 0.1) is 5.95 Å². The van der Waals surface area contributed by atoms with Gasteiger partial charge in [0.2, 0.25) is 5.95 Å². The van der Waals surface area contributed by atoms with Crippen molar-refractivity contribution in [3.63, 3.8) is 0 Å². The summed E-state index contributed by atoms with van der Waals surface area (Å²) in [6.07, 6.45) is 2.91. The summed E-state index contributed by atoms with van der Waals surface area (Å²) >= 11 is 1.72. The van der Waals surface area contributed by atoms with Gasteiger partial charge >= 0.3 is 0 Å². The number of hydrogen-bond acceptors (Lipinski definition) is 3. The van der Waals surface area contributed by atoms with Crippen molar-refractivity contribution < 1.29 is 9.18 Å². The van der Waals surface area contributed by atoms with Crippen molar-refractivity contribution in [1.29, 1.82) is 0 Å². The highest BCUT2D eigenvalue weighted by atomic mass is 32.2. The van der Waals surface area contributed by atoms with E-state index >= 15 is 0 Å². The molecule has 0 fully saturated rings. The first-order valence-corrected chi connectivity index (χ1v) is 6.03. The second kappa shape index (κ2) is 6.40. The van der Waals surface area contributed by atoms with Crippen molar-refractivity contribution in [3.8, 4) is 0 Å². The molecule has 5 heteroatoms. The molecule has 1 aromatic heterocycles. The van der Waals surface area contributed by atoms with Crippen molar-refractivity contribution in [3.05, 3.63) is 29.8 Å². The van der Waals surface area contributed by atoms with Gasteiger partial charge in [-0.2, -0.15) is 16.2 Å². The summed E-state index contributed by atoms with van der Waals surface area (Å²) in [6.45, 7) is 0.595. The van der Waals surface area contributed by atoms with E-state index in [1.165, 1.54) is 18.2 Å². The average molecular weight is 228 g/mol. The maximum atomic E-state index is 12.7. The van der Waals surface area contributed by atoms with Crippen LogP contribution in [-0.2, 0) is 0 Å². The Morgan fingerprint density at radius 3 is 3.07 bits per heavy atom. The van der Waals surface area contributed by atoms with Crippen molar-refractivity contribution in [2.75, 3.05) is 18.6 Å². The third-order valence-electron chi connectivity index (χ3n) is 1.76. The molecular weight excluding hydrogens is 215 g/mol. The normalized spacial score (nSPS) is 10.0. The molecule has 0 aromatic carbocycles. The lowest BCUT2D eigenvalue weighted by atomic mass is 10.3. The van der Waals surface area contributed by atoms with Crippen LogP contribution in [0.3, 0.4) is 0 Å². The predicted molar refractivity (Wildman–Crippen MR) is 59.5 cm³/mol. The van der Waals surface area contributed by atoms with Gasteiger partial charge in [0.15, 0.2) is 0 Å². The second-order valence-corrected chi connectivity index (χ2v) is 3.93. The van der Waals surface area contributed by atoms with Gasteiger partial charge < -0.3 is 5.32 Å². The Morgan fingerprint density at radius 2 is 2.40 bits per heavy atom. The SMILES string of the molecule is CSCCCNC(=O)c1cccc(F)n1. The Kier molecular flexibility index (Phi) is 5.10. The zero-order chi connectivity index (χ0) is 11.1. The third kappa shape index (κ3) is 4.29. The van der Waals surface area contributed by atoms with Gasteiger partial charge in [-0.1, -0.05) is 6.07 Å². The van der Waals surface area contributed by atoms with Crippen molar-refractivity contribution in [2.24, 2.45) is 0 Å². The molecule has 0 unspecified atom stereocenters. The average Bonchev–Trinajstić information content (AvgIpc) is 2.24. The molecule has 0 atom stereocenters. The molecule has 0 aliphatic heterocycles. The van der Waals surface area contributed by atoms with Crippen LogP contribution in [-0.4, -0.2) is 29.4 Å². The van der Waals surface area contributed by atoms with Crippen molar-refractivity contribution in [2.45, 2.75) is 6.42 Å². The fraction of sp³-hybridized carbons (Fsp3) is 0.400. The van der Waals surface area contributed by atoms with Crippen molar-refractivity contribution >= 4 is 17.7 Å². The number of hydrogen-bond donors (Lipinski definition) is 1. The van der Waals surface area contributed by atoms with E-state index in [4.69, 9.17) is 0 Å². The minimum atomic E-state index is -0.633. The van der Waals surface area contributed by atoms with Crippen LogP contribution in [0.4, 0.5) is 4.39 Å². The smallest absolute Gasteiger partial charge is 0.269 e. The minimum Gasteiger partial charge on any atom is -0.351 e. The first kappa shape index (κ1) is 12.0. The van der Waals surface area contributed by atoms with E-state index in [1.807, 2.05) is 6.26 Å². The molecular formula is C10H13FN2OS. The number of amides is 1. The molecule has 0 radical (unpaired) electrons. The lowest BCUT2D eigenvalue weighted by Gasteiger charge is -2.03. The molecule has 82 valence electrons. The predicted octanol–water partition coefficient (Wildman–Crippen LogP) is 1.70. The summed E-state index contributed by atoms with van der Waals surface area (Å²) in [4.78, 5) is 14.9. The highest BCUT2D eigenvalue weighted by Gasteiger charge is 2.06. The maximum absolute atomic E-state index is 12.7. The first-order valence-electron chi connectivity index (χ1n) is 4.63. The molecule has 1 aromatic rings. The number of carbonyl (C=O) groups excluding carboxylic acids is 1. The van der Waals surface area contributed by atoms with Crippen LogP contribution >= 0.6 is 11.8 Å². The number of aromatic nitrogens is 1. The zero-order valence-electron chi connectivity index (χ0n) is 8.50. The third-order valence-corrected chi connectivity index (χ3v) is 2.46. The van der Waals surface area contributed by atoms with Crippen LogP contribution in [0.2, 0.25) is 0 Å². The van der Waals surface area contributed by atoms with Gasteiger partial charge in [-0.15, -0.1) is 0 Å². The molecule has 1 heterocycles. The van der Waals surface area contributed by atoms with E-state index in [0.29, 0.717) is 6.54 Å². The Hall–Kier alpha value is -1.10. The van der Waals surface area contributed by atoms with Gasteiger partial charge in [0.1, 0.15) is 5.69 Å². The highest BCUT2D eigenvalue weighted by Crippen LogP contribution is 1.98. The van der Waals surface area contributed by atoms with Gasteiger partial charge in [-0.05, 0) is 30.6 Å². The molecule has 0 bridgehead atoms. The van der Waals surface area contributed by atoms with Crippen LogP contribution in [0.25, 0.3) is 0 Å². The van der Waals surface area contributed by atoms with Gasteiger partial charge in [-0.25, -0.2) is 4.98 Å². The lowest BCUT2D eigenvalue weighted by Crippen LogP contribution is -2.25. The fourth-order valence-electron chi connectivity index (χ4n) is 1.04. The van der Waals surface area contributed by atoms with Crippen LogP contribution in [0.1, 0.15) is 16.9 Å². The summed E-state index contributed by atoms with van der Waals surface area (Å²) in [5.74, 6) is 0.0407. The standard InChI is InChI=1S/C10H13FN2OS/c1-15-7-3-6-12-10(14)8-4-2-5-9(11)13-8/h2,4-5H,3,6-7H2,1H3,(H,12,14). The monoisotopic (exact) mass is 228 g/mol. The summed E-state index contributed by atoms with van der Waals surface area (Å²) in [6, 6.07) is 4.18. The molecule has 1 amide bonds. The Bertz CT molecular complexity index is 333. The van der Waals surface area contributed by atoms with E-state index in [2.05, 4.69) is 10.3 Å². The zero-order valence-corrected chi connectivity index (χ0v) is 9.31. The molecule has 1 rings (SSSR count). The molecule has 0 saturated heterocycles. The van der Waals surface area contributed by atoms with Gasteiger partial charge in [-0.3, -0.25) is 4.79 Å². The van der Waals surface area contributed by atoms with E-state index in [9.17, 15) is 9.18 Å². The molecule has 0 saturated carbocycles. The molecule has 0 spiro atoms. The Balaban J connectivity index is 2.40. The minimum absolute atomic E-state index is 0.124. The topological polar surface area (TPSA) is 42.0 Å². The summed E-state index contributed by atoms with van der Waals surface area (Å²) in [5.41, 5.74) is 0.124. The summed E-state index contributed by atoms with van der Waals surface area (Å²) < 4.78 is 12.7. The molecule has 0 aliphatic rings. The van der Waals surface area contributed by atoms with Crippen LogP contribution in [0.5, 0.6) is 0 Å². The van der Waals surface area contributed by atoms with Gasteiger partial charge in [0.25, 0.3) is 5.91 Å². The molecule has 3 nitrogen and oxygen atoms in total. The van der Waals surface area contributed by atoms with E-state index in [1.54, 1.807) is 11.8 Å². The molecule has 0 aliphatic carbocycles.